The minimum absolute atomic E-state index is 0.0954. The summed E-state index contributed by atoms with van der Waals surface area (Å²) < 4.78 is 24.1. The van der Waals surface area contributed by atoms with Gasteiger partial charge in [-0.05, 0) is 19.4 Å². The van der Waals surface area contributed by atoms with Crippen LogP contribution in [0.15, 0.2) is 6.20 Å². The van der Waals surface area contributed by atoms with Gasteiger partial charge in [-0.25, -0.2) is 13.8 Å². The molecule has 12 heavy (non-hydrogen) atoms. The molecule has 0 spiro atoms. The highest BCUT2D eigenvalue weighted by Crippen LogP contribution is 2.24. The Balaban J connectivity index is 2.52. The molecule has 0 saturated carbocycles. The summed E-state index contributed by atoms with van der Waals surface area (Å²) in [7, 11) is 0. The first-order valence-corrected chi connectivity index (χ1v) is 4.48. The van der Waals surface area contributed by atoms with Gasteiger partial charge in [0.25, 0.3) is 6.43 Å². The Hall–Kier alpha value is -0.550. The highest BCUT2D eigenvalue weighted by Gasteiger charge is 2.11. The average molecular weight is 192 g/mol. The van der Waals surface area contributed by atoms with Crippen molar-refractivity contribution < 1.29 is 8.78 Å². The summed E-state index contributed by atoms with van der Waals surface area (Å²) in [6, 6.07) is 0. The molecule has 1 heterocycles. The van der Waals surface area contributed by atoms with Crippen LogP contribution in [0.2, 0.25) is 0 Å². The predicted molar refractivity (Wildman–Crippen MR) is 44.4 cm³/mol. The number of aromatic nitrogens is 1. The number of alkyl halides is 2. The lowest BCUT2D eigenvalue weighted by Crippen LogP contribution is -1.99. The van der Waals surface area contributed by atoms with Gasteiger partial charge in [0, 0.05) is 11.1 Å². The molecule has 0 aliphatic carbocycles. The number of nitrogens with two attached hydrogens (primary N) is 1. The van der Waals surface area contributed by atoms with Gasteiger partial charge in [-0.1, -0.05) is 0 Å². The van der Waals surface area contributed by atoms with Gasteiger partial charge in [0.05, 0.1) is 0 Å². The zero-order chi connectivity index (χ0) is 8.97. The summed E-state index contributed by atoms with van der Waals surface area (Å²) in [5, 5.41) is -0.0954. The lowest BCUT2D eigenvalue weighted by atomic mass is 10.3. The third kappa shape index (κ3) is 2.49. The molecule has 68 valence electrons. The number of hydrogen-bond donors (Lipinski definition) is 1. The standard InChI is InChI=1S/C7H10F2N2S/c8-6(9)7-11-4-5(12-7)2-1-3-10/h4,6H,1-3,10H2. The third-order valence-electron chi connectivity index (χ3n) is 1.39. The lowest BCUT2D eigenvalue weighted by molar-refractivity contribution is 0.151. The maximum atomic E-state index is 12.0. The smallest absolute Gasteiger partial charge is 0.289 e. The zero-order valence-electron chi connectivity index (χ0n) is 6.46. The Kier molecular flexibility index (Phi) is 3.55. The second-order valence-corrected chi connectivity index (χ2v) is 3.50. The van der Waals surface area contributed by atoms with Crippen LogP contribution in [-0.4, -0.2) is 11.5 Å². The van der Waals surface area contributed by atoms with Crippen molar-refractivity contribution in [2.45, 2.75) is 19.3 Å². The van der Waals surface area contributed by atoms with Crippen LogP contribution < -0.4 is 5.73 Å². The quantitative estimate of drug-likeness (QED) is 0.792. The second kappa shape index (κ2) is 4.47. The molecule has 0 atom stereocenters. The summed E-state index contributed by atoms with van der Waals surface area (Å²) in [5.41, 5.74) is 5.28. The predicted octanol–water partition coefficient (Wildman–Crippen LogP) is 1.97. The van der Waals surface area contributed by atoms with E-state index >= 15 is 0 Å². The number of rotatable bonds is 4. The van der Waals surface area contributed by atoms with Gasteiger partial charge < -0.3 is 5.73 Å². The van der Waals surface area contributed by atoms with Gasteiger partial charge >= 0.3 is 0 Å². The number of aryl methyl sites for hydroxylation is 1. The number of nitrogens with zero attached hydrogens (tertiary/aromatic N) is 1. The van der Waals surface area contributed by atoms with Crippen molar-refractivity contribution in [2.75, 3.05) is 6.54 Å². The maximum Gasteiger partial charge on any atom is 0.289 e. The highest BCUT2D eigenvalue weighted by molar-refractivity contribution is 7.11. The van der Waals surface area contributed by atoms with Gasteiger partial charge in [-0.3, -0.25) is 0 Å². The van der Waals surface area contributed by atoms with E-state index in [1.807, 2.05) is 0 Å². The van der Waals surface area contributed by atoms with Gasteiger partial charge in [-0.2, -0.15) is 0 Å². The Labute approximate surface area is 73.4 Å². The molecule has 2 nitrogen and oxygen atoms in total. The normalized spacial score (nSPS) is 11.0. The molecule has 0 aromatic carbocycles. The van der Waals surface area contributed by atoms with Crippen LogP contribution >= 0.6 is 11.3 Å². The minimum Gasteiger partial charge on any atom is -0.330 e. The molecular formula is C7H10F2N2S. The van der Waals surface area contributed by atoms with Crippen molar-refractivity contribution in [1.82, 2.24) is 4.98 Å². The first kappa shape index (κ1) is 9.54. The van der Waals surface area contributed by atoms with Gasteiger partial charge in [0.1, 0.15) is 0 Å². The van der Waals surface area contributed by atoms with Crippen molar-refractivity contribution >= 4 is 11.3 Å². The van der Waals surface area contributed by atoms with Crippen molar-refractivity contribution in [3.05, 3.63) is 16.1 Å². The van der Waals surface area contributed by atoms with Crippen molar-refractivity contribution in [3.63, 3.8) is 0 Å². The van der Waals surface area contributed by atoms with Crippen LogP contribution in [0.5, 0.6) is 0 Å². The van der Waals surface area contributed by atoms with E-state index in [2.05, 4.69) is 4.98 Å². The Morgan fingerprint density at radius 1 is 1.58 bits per heavy atom. The molecule has 1 aromatic rings. The van der Waals surface area contributed by atoms with E-state index in [0.717, 1.165) is 29.1 Å². The topological polar surface area (TPSA) is 38.9 Å². The first-order chi connectivity index (χ1) is 5.74. The van der Waals surface area contributed by atoms with Gasteiger partial charge in [0.15, 0.2) is 5.01 Å². The van der Waals surface area contributed by atoms with E-state index in [4.69, 9.17) is 5.73 Å². The lowest BCUT2D eigenvalue weighted by Gasteiger charge is -1.91. The first-order valence-electron chi connectivity index (χ1n) is 3.67. The SMILES string of the molecule is NCCCc1cnc(C(F)F)s1. The zero-order valence-corrected chi connectivity index (χ0v) is 7.28. The summed E-state index contributed by atoms with van der Waals surface area (Å²) >= 11 is 1.06. The molecule has 0 radical (unpaired) electrons. The van der Waals surface area contributed by atoms with Crippen LogP contribution in [-0.2, 0) is 6.42 Å². The van der Waals surface area contributed by atoms with Crippen LogP contribution in [0, 0.1) is 0 Å². The van der Waals surface area contributed by atoms with Crippen LogP contribution in [0.3, 0.4) is 0 Å². The van der Waals surface area contributed by atoms with E-state index < -0.39 is 6.43 Å². The van der Waals surface area contributed by atoms with E-state index in [1.165, 1.54) is 6.20 Å². The van der Waals surface area contributed by atoms with E-state index in [9.17, 15) is 8.78 Å². The van der Waals surface area contributed by atoms with E-state index in [0.29, 0.717) is 6.54 Å². The largest absolute Gasteiger partial charge is 0.330 e. The van der Waals surface area contributed by atoms with Crippen molar-refractivity contribution in [1.29, 1.82) is 0 Å². The fraction of sp³-hybridized carbons (Fsp3) is 0.571. The number of hydrogen-bond acceptors (Lipinski definition) is 3. The molecule has 1 rings (SSSR count). The minimum atomic E-state index is -2.44. The molecule has 0 saturated heterocycles. The Morgan fingerprint density at radius 2 is 2.33 bits per heavy atom. The second-order valence-electron chi connectivity index (χ2n) is 2.36. The summed E-state index contributed by atoms with van der Waals surface area (Å²) in [6.07, 6.45) is 0.634. The van der Waals surface area contributed by atoms with Crippen LogP contribution in [0.4, 0.5) is 8.78 Å². The molecular weight excluding hydrogens is 182 g/mol. The molecule has 0 aliphatic heterocycles. The molecule has 1 aromatic heterocycles. The third-order valence-corrected chi connectivity index (χ3v) is 2.45. The van der Waals surface area contributed by atoms with Gasteiger partial charge in [0.2, 0.25) is 0 Å². The van der Waals surface area contributed by atoms with Crippen LogP contribution in [0.1, 0.15) is 22.7 Å². The number of thiazole rings is 1. The molecule has 0 amide bonds. The summed E-state index contributed by atoms with van der Waals surface area (Å²) in [4.78, 5) is 4.48. The fourth-order valence-electron chi connectivity index (χ4n) is 0.815. The Bertz CT molecular complexity index is 237. The van der Waals surface area contributed by atoms with E-state index in [-0.39, 0.29) is 5.01 Å². The highest BCUT2D eigenvalue weighted by atomic mass is 32.1. The van der Waals surface area contributed by atoms with Gasteiger partial charge in [-0.15, -0.1) is 11.3 Å². The van der Waals surface area contributed by atoms with Crippen molar-refractivity contribution in [2.24, 2.45) is 5.73 Å². The van der Waals surface area contributed by atoms with Crippen molar-refractivity contribution in [3.8, 4) is 0 Å². The molecule has 5 heteroatoms. The monoisotopic (exact) mass is 192 g/mol. The summed E-state index contributed by atoms with van der Waals surface area (Å²) in [6.45, 7) is 0.585. The van der Waals surface area contributed by atoms with Crippen LogP contribution in [0.25, 0.3) is 0 Å². The molecule has 0 fully saturated rings. The Morgan fingerprint density at radius 3 is 2.83 bits per heavy atom. The molecule has 0 aliphatic rings. The van der Waals surface area contributed by atoms with E-state index in [1.54, 1.807) is 0 Å². The molecule has 2 N–H and O–H groups in total. The number of halogens is 2. The summed E-state index contributed by atoms with van der Waals surface area (Å²) in [5.74, 6) is 0. The maximum absolute atomic E-state index is 12.0. The fourth-order valence-corrected chi connectivity index (χ4v) is 1.63. The molecule has 0 unspecified atom stereocenters. The average Bonchev–Trinajstić information content (AvgIpc) is 2.48. The molecule has 0 bridgehead atoms.